The van der Waals surface area contributed by atoms with Gasteiger partial charge in [0.15, 0.2) is 5.65 Å². The monoisotopic (exact) mass is 529 g/mol. The number of aryl methyl sites for hydroxylation is 1. The summed E-state index contributed by atoms with van der Waals surface area (Å²) in [4.78, 5) is 22.0. The first-order chi connectivity index (χ1) is 19.0. The number of nitrogens with one attached hydrogen (secondary N) is 1. The van der Waals surface area contributed by atoms with Gasteiger partial charge in [0.05, 0.1) is 16.6 Å². The number of fused-ring (bicyclic) bond motifs is 2. The first-order valence-electron chi connectivity index (χ1n) is 12.6. The van der Waals surface area contributed by atoms with Crippen molar-refractivity contribution in [3.63, 3.8) is 0 Å². The van der Waals surface area contributed by atoms with Gasteiger partial charge in [-0.15, -0.1) is 0 Å². The van der Waals surface area contributed by atoms with Gasteiger partial charge in [-0.3, -0.25) is 0 Å². The molecule has 0 unspecified atom stereocenters. The molecule has 39 heavy (non-hydrogen) atoms. The van der Waals surface area contributed by atoms with Crippen molar-refractivity contribution in [3.05, 3.63) is 60.9 Å². The largest absolute Gasteiger partial charge is 0.489 e. The fourth-order valence-corrected chi connectivity index (χ4v) is 4.61. The van der Waals surface area contributed by atoms with Crippen molar-refractivity contribution in [3.8, 4) is 17.4 Å². The average Bonchev–Trinajstić information content (AvgIpc) is 3.36. The lowest BCUT2D eigenvalue weighted by atomic mass is 10.0. The van der Waals surface area contributed by atoms with Crippen molar-refractivity contribution in [1.82, 2.24) is 34.4 Å². The van der Waals surface area contributed by atoms with Crippen LogP contribution in [0, 0.1) is 6.92 Å². The van der Waals surface area contributed by atoms with Crippen LogP contribution in [0.2, 0.25) is 0 Å². The van der Waals surface area contributed by atoms with Crippen LogP contribution in [0.15, 0.2) is 55.4 Å². The van der Waals surface area contributed by atoms with Crippen molar-refractivity contribution in [2.75, 3.05) is 50.7 Å². The van der Waals surface area contributed by atoms with Crippen molar-refractivity contribution < 1.29 is 13.9 Å². The van der Waals surface area contributed by atoms with Gasteiger partial charge in [-0.2, -0.15) is 5.10 Å². The minimum atomic E-state index is -0.565. The van der Waals surface area contributed by atoms with Crippen LogP contribution >= 0.6 is 0 Å². The van der Waals surface area contributed by atoms with E-state index in [4.69, 9.17) is 9.47 Å². The minimum Gasteiger partial charge on any atom is -0.489 e. The predicted octanol–water partition coefficient (Wildman–Crippen LogP) is 4.01. The SMILES string of the molecule is Cc1cc(Nc2ncnc3ccc(OCCF)c(N4CC(N(C)C)C4)c23)ccc1Oc1cc2ncnn2cn1. The molecule has 0 saturated carbocycles. The number of rotatable bonds is 9. The van der Waals surface area contributed by atoms with Gasteiger partial charge in [-0.05, 0) is 56.9 Å². The fraction of sp³-hybridized carbons (Fsp3) is 0.296. The maximum atomic E-state index is 13.0. The van der Waals surface area contributed by atoms with Crippen molar-refractivity contribution in [2.24, 2.45) is 0 Å². The molecule has 4 heterocycles. The number of nitrogens with zero attached hydrogens (tertiary/aromatic N) is 8. The van der Waals surface area contributed by atoms with Gasteiger partial charge in [0.1, 0.15) is 49.6 Å². The topological polar surface area (TPSA) is 106 Å². The molecule has 2 aromatic carbocycles. The number of aromatic nitrogens is 6. The van der Waals surface area contributed by atoms with Crippen LogP contribution in [0.5, 0.6) is 17.4 Å². The third kappa shape index (κ3) is 4.86. The molecule has 0 atom stereocenters. The Kier molecular flexibility index (Phi) is 6.53. The molecule has 0 spiro atoms. The zero-order valence-corrected chi connectivity index (χ0v) is 21.9. The Morgan fingerprint density at radius 1 is 1.03 bits per heavy atom. The maximum absolute atomic E-state index is 13.0. The number of halogens is 1. The van der Waals surface area contributed by atoms with Crippen LogP contribution in [0.1, 0.15) is 5.56 Å². The lowest BCUT2D eigenvalue weighted by Crippen LogP contribution is -2.57. The Morgan fingerprint density at radius 2 is 1.87 bits per heavy atom. The van der Waals surface area contributed by atoms with Crippen LogP contribution in [0.4, 0.5) is 21.6 Å². The molecule has 0 amide bonds. The van der Waals surface area contributed by atoms with E-state index < -0.39 is 6.67 Å². The number of alkyl halides is 1. The molecule has 200 valence electrons. The van der Waals surface area contributed by atoms with E-state index >= 15 is 0 Å². The highest BCUT2D eigenvalue weighted by molar-refractivity contribution is 6.03. The molecule has 11 nitrogen and oxygen atoms in total. The standard InChI is InChI=1S/C27H28FN9O2/c1-17-10-18(4-6-21(17)39-24-11-23-30-15-33-37(23)16-32-24)34-27-25-20(29-14-31-27)5-7-22(38-9-8-28)26(25)36-12-19(13-36)35(2)3/h4-7,10-11,14-16,19H,8-9,12-13H2,1-3H3,(H,29,31,34). The molecule has 0 aliphatic carbocycles. The Labute approximate surface area is 224 Å². The summed E-state index contributed by atoms with van der Waals surface area (Å²) < 4.78 is 26.4. The van der Waals surface area contributed by atoms with E-state index in [0.717, 1.165) is 40.9 Å². The van der Waals surface area contributed by atoms with E-state index in [0.29, 0.717) is 34.9 Å². The quantitative estimate of drug-likeness (QED) is 0.301. The Bertz CT molecular complexity index is 1640. The first kappa shape index (κ1) is 24.7. The molecule has 0 radical (unpaired) electrons. The van der Waals surface area contributed by atoms with Crippen molar-refractivity contribution in [2.45, 2.75) is 13.0 Å². The van der Waals surface area contributed by atoms with E-state index in [9.17, 15) is 4.39 Å². The molecule has 5 aromatic rings. The highest BCUT2D eigenvalue weighted by Gasteiger charge is 2.32. The summed E-state index contributed by atoms with van der Waals surface area (Å²) in [6, 6.07) is 11.7. The minimum absolute atomic E-state index is 0.0144. The van der Waals surface area contributed by atoms with Crippen molar-refractivity contribution >= 4 is 33.7 Å². The third-order valence-electron chi connectivity index (χ3n) is 6.78. The molecule has 6 rings (SSSR count). The van der Waals surface area contributed by atoms with E-state index in [2.05, 4.69) is 54.2 Å². The van der Waals surface area contributed by atoms with E-state index in [-0.39, 0.29) is 6.61 Å². The van der Waals surface area contributed by atoms with Gasteiger partial charge in [-0.25, -0.2) is 28.8 Å². The van der Waals surface area contributed by atoms with Crippen molar-refractivity contribution in [1.29, 1.82) is 0 Å². The second-order valence-electron chi connectivity index (χ2n) is 9.59. The highest BCUT2D eigenvalue weighted by Crippen LogP contribution is 2.42. The Hall–Kier alpha value is -4.58. The predicted molar refractivity (Wildman–Crippen MR) is 146 cm³/mol. The Balaban J connectivity index is 1.31. The Morgan fingerprint density at radius 3 is 2.67 bits per heavy atom. The highest BCUT2D eigenvalue weighted by atomic mass is 19.1. The molecule has 3 aromatic heterocycles. The van der Waals surface area contributed by atoms with Crippen LogP contribution in [-0.2, 0) is 0 Å². The number of likely N-dealkylation sites (N-methyl/N-ethyl adjacent to an activating group) is 1. The molecule has 1 saturated heterocycles. The number of ether oxygens (including phenoxy) is 2. The number of anilines is 3. The number of benzene rings is 2. The van der Waals surface area contributed by atoms with Gasteiger partial charge < -0.3 is 24.6 Å². The molecule has 1 aliphatic rings. The summed E-state index contributed by atoms with van der Waals surface area (Å²) in [5, 5.41) is 8.33. The molecular weight excluding hydrogens is 501 g/mol. The van der Waals surface area contributed by atoms with Gasteiger partial charge in [0.2, 0.25) is 5.88 Å². The summed E-state index contributed by atoms with van der Waals surface area (Å²) in [6.45, 7) is 3.03. The summed E-state index contributed by atoms with van der Waals surface area (Å²) in [5.74, 6) is 2.35. The molecule has 12 heteroatoms. The number of hydrogen-bond acceptors (Lipinski definition) is 10. The summed E-state index contributed by atoms with van der Waals surface area (Å²) in [6.07, 6.45) is 4.56. The average molecular weight is 530 g/mol. The van der Waals surface area contributed by atoms with Crippen LogP contribution in [0.25, 0.3) is 16.6 Å². The zero-order chi connectivity index (χ0) is 26.9. The van der Waals surface area contributed by atoms with Gasteiger partial charge in [0.25, 0.3) is 0 Å². The summed E-state index contributed by atoms with van der Waals surface area (Å²) in [7, 11) is 4.14. The summed E-state index contributed by atoms with van der Waals surface area (Å²) in [5.41, 5.74) is 4.03. The smallest absolute Gasteiger partial charge is 0.224 e. The normalized spacial score (nSPS) is 13.7. The third-order valence-corrected chi connectivity index (χ3v) is 6.78. The molecule has 1 aliphatic heterocycles. The molecule has 1 fully saturated rings. The lowest BCUT2D eigenvalue weighted by molar-refractivity contribution is 0.242. The second kappa shape index (κ2) is 10.3. The molecule has 1 N–H and O–H groups in total. The van der Waals surface area contributed by atoms with Gasteiger partial charge >= 0.3 is 0 Å². The first-order valence-corrected chi connectivity index (χ1v) is 12.6. The van der Waals surface area contributed by atoms with E-state index in [1.165, 1.54) is 12.7 Å². The summed E-state index contributed by atoms with van der Waals surface area (Å²) >= 11 is 0. The molecular formula is C27H28FN9O2. The van der Waals surface area contributed by atoms with Crippen LogP contribution in [-0.4, -0.2) is 81.0 Å². The van der Waals surface area contributed by atoms with Crippen LogP contribution in [0.3, 0.4) is 0 Å². The fourth-order valence-electron chi connectivity index (χ4n) is 4.61. The van der Waals surface area contributed by atoms with Gasteiger partial charge in [-0.1, -0.05) is 0 Å². The van der Waals surface area contributed by atoms with Crippen LogP contribution < -0.4 is 19.7 Å². The van der Waals surface area contributed by atoms with E-state index in [1.807, 2.05) is 37.3 Å². The second-order valence-corrected chi connectivity index (χ2v) is 9.59. The zero-order valence-electron chi connectivity index (χ0n) is 21.9. The lowest BCUT2D eigenvalue weighted by Gasteiger charge is -2.45. The maximum Gasteiger partial charge on any atom is 0.224 e. The van der Waals surface area contributed by atoms with Gasteiger partial charge in [0, 0.05) is 30.9 Å². The van der Waals surface area contributed by atoms with E-state index in [1.54, 1.807) is 16.9 Å². The number of hydrogen-bond donors (Lipinski definition) is 1. The molecule has 0 bridgehead atoms.